The summed E-state index contributed by atoms with van der Waals surface area (Å²) >= 11 is 0. The molecule has 0 radical (unpaired) electrons. The number of amides is 1. The molecule has 3 rings (SSSR count). The van der Waals surface area contributed by atoms with Gasteiger partial charge in [-0.15, -0.1) is 0 Å². The third kappa shape index (κ3) is 5.62. The summed E-state index contributed by atoms with van der Waals surface area (Å²) in [5, 5.41) is 29.7. The van der Waals surface area contributed by atoms with Gasteiger partial charge in [0.1, 0.15) is 23.1 Å². The number of aliphatic hydroxyl groups is 2. The lowest BCUT2D eigenvalue weighted by molar-refractivity contribution is -0.120. The molecule has 2 atom stereocenters. The Hall–Kier alpha value is -3.37. The minimum atomic E-state index is -1.39. The molecular weight excluding hydrogens is 408 g/mol. The minimum absolute atomic E-state index is 0.00778. The van der Waals surface area contributed by atoms with Crippen molar-refractivity contribution in [2.75, 3.05) is 18.5 Å². The fourth-order valence-electron chi connectivity index (χ4n) is 3.26. The van der Waals surface area contributed by atoms with E-state index in [-0.39, 0.29) is 29.3 Å². The molecule has 164 valence electrons. The molecule has 8 nitrogen and oxygen atoms in total. The van der Waals surface area contributed by atoms with Crippen molar-refractivity contribution in [1.29, 1.82) is 0 Å². The summed E-state index contributed by atoms with van der Waals surface area (Å²) in [6.07, 6.45) is 1.64. The van der Waals surface area contributed by atoms with Crippen LogP contribution in [0.1, 0.15) is 23.7 Å². The summed E-state index contributed by atoms with van der Waals surface area (Å²) in [6, 6.07) is 7.22. The molecule has 2 aromatic heterocycles. The monoisotopic (exact) mass is 431 g/mol. The van der Waals surface area contributed by atoms with Crippen LogP contribution >= 0.6 is 0 Å². The first kappa shape index (κ1) is 22.3. The van der Waals surface area contributed by atoms with Gasteiger partial charge in [0.05, 0.1) is 12.3 Å². The molecule has 0 bridgehead atoms. The summed E-state index contributed by atoms with van der Waals surface area (Å²) in [4.78, 5) is 15.6. The van der Waals surface area contributed by atoms with Crippen molar-refractivity contribution in [3.8, 4) is 11.3 Å². The van der Waals surface area contributed by atoms with E-state index >= 15 is 0 Å². The van der Waals surface area contributed by atoms with Crippen LogP contribution in [0, 0.1) is 17.6 Å². The number of carbonyl (C=O) groups is 1. The molecule has 6 N–H and O–H groups in total. The third-order valence-electron chi connectivity index (χ3n) is 4.84. The second-order valence-corrected chi connectivity index (χ2v) is 7.11. The fraction of sp³-hybridized carbons (Fsp3) is 0.286. The normalized spacial score (nSPS) is 13.0. The second kappa shape index (κ2) is 10.1. The molecule has 1 amide bonds. The van der Waals surface area contributed by atoms with Crippen molar-refractivity contribution in [2.45, 2.75) is 18.9 Å². The number of rotatable bonds is 10. The van der Waals surface area contributed by atoms with Crippen LogP contribution in [-0.2, 0) is 11.2 Å². The number of aromatic nitrogens is 3. The number of carbonyl (C=O) groups excluding carboxylic acids is 1. The maximum Gasteiger partial charge on any atom is 0.217 e. The Morgan fingerprint density at radius 1 is 1.29 bits per heavy atom. The van der Waals surface area contributed by atoms with E-state index in [2.05, 4.69) is 20.5 Å². The van der Waals surface area contributed by atoms with Gasteiger partial charge in [0, 0.05) is 42.8 Å². The quantitative estimate of drug-likeness (QED) is 0.333. The topological polar surface area (TPSA) is 137 Å². The van der Waals surface area contributed by atoms with E-state index in [0.29, 0.717) is 18.5 Å². The average molecular weight is 431 g/mol. The zero-order valence-corrected chi connectivity index (χ0v) is 16.6. The average Bonchev–Trinajstić information content (AvgIpc) is 3.27. The van der Waals surface area contributed by atoms with Gasteiger partial charge in [-0.2, -0.15) is 5.10 Å². The lowest BCUT2D eigenvalue weighted by Crippen LogP contribution is -2.25. The first-order valence-corrected chi connectivity index (χ1v) is 9.64. The van der Waals surface area contributed by atoms with Crippen molar-refractivity contribution >= 4 is 11.7 Å². The van der Waals surface area contributed by atoms with Crippen LogP contribution in [-0.4, -0.2) is 44.5 Å². The first-order valence-electron chi connectivity index (χ1n) is 9.64. The van der Waals surface area contributed by atoms with Crippen molar-refractivity contribution in [2.24, 2.45) is 11.7 Å². The highest BCUT2D eigenvalue weighted by atomic mass is 19.1. The number of pyridine rings is 1. The third-order valence-corrected chi connectivity index (χ3v) is 4.84. The molecule has 0 saturated carbocycles. The maximum atomic E-state index is 14.8. The Bertz CT molecular complexity index is 1030. The fourth-order valence-corrected chi connectivity index (χ4v) is 3.26. The highest BCUT2D eigenvalue weighted by Gasteiger charge is 2.27. The number of primary amides is 1. The number of halogens is 2. The zero-order chi connectivity index (χ0) is 22.4. The van der Waals surface area contributed by atoms with E-state index in [4.69, 9.17) is 5.73 Å². The van der Waals surface area contributed by atoms with E-state index in [0.717, 1.165) is 11.6 Å². The van der Waals surface area contributed by atoms with E-state index in [1.807, 2.05) is 0 Å². The predicted molar refractivity (Wildman–Crippen MR) is 110 cm³/mol. The summed E-state index contributed by atoms with van der Waals surface area (Å²) in [5.41, 5.74) is 6.42. The molecule has 31 heavy (non-hydrogen) atoms. The molecule has 3 aromatic rings. The standard InChI is InChI=1S/C21H23F2N5O3/c22-15-3-1-2-12(6-15)4-5-25-21-16(20(31)13(11-29)7-18(24)30)8-17(23)19(28-21)14-9-26-27-10-14/h1-3,6,8-10,13,20,29,31H,4-5,7,11H2,(H2,24,30)(H,25,28)(H,26,27). The van der Waals surface area contributed by atoms with Crippen LogP contribution in [0.4, 0.5) is 14.6 Å². The van der Waals surface area contributed by atoms with Crippen molar-refractivity contribution in [3.05, 3.63) is 65.5 Å². The molecule has 0 spiro atoms. The van der Waals surface area contributed by atoms with E-state index in [9.17, 15) is 23.8 Å². The van der Waals surface area contributed by atoms with Gasteiger partial charge in [-0.1, -0.05) is 12.1 Å². The summed E-state index contributed by atoms with van der Waals surface area (Å²) in [7, 11) is 0. The van der Waals surface area contributed by atoms with Gasteiger partial charge < -0.3 is 21.3 Å². The van der Waals surface area contributed by atoms with Crippen molar-refractivity contribution in [3.63, 3.8) is 0 Å². The molecule has 0 fully saturated rings. The Morgan fingerprint density at radius 2 is 2.10 bits per heavy atom. The second-order valence-electron chi connectivity index (χ2n) is 7.11. The lowest BCUT2D eigenvalue weighted by Gasteiger charge is -2.23. The molecule has 1 aromatic carbocycles. The van der Waals surface area contributed by atoms with Crippen LogP contribution in [0.3, 0.4) is 0 Å². The van der Waals surface area contributed by atoms with E-state index in [1.54, 1.807) is 12.1 Å². The first-order chi connectivity index (χ1) is 14.9. The Balaban J connectivity index is 1.90. The Labute approximate surface area is 177 Å². The molecule has 0 aliphatic heterocycles. The Kier molecular flexibility index (Phi) is 7.27. The molecular formula is C21H23F2N5O3. The number of hydrogen-bond acceptors (Lipinski definition) is 6. The molecule has 2 unspecified atom stereocenters. The molecule has 0 aliphatic rings. The minimum Gasteiger partial charge on any atom is -0.396 e. The number of nitrogens with two attached hydrogens (primary N) is 1. The van der Waals surface area contributed by atoms with Gasteiger partial charge in [0.2, 0.25) is 5.91 Å². The van der Waals surface area contributed by atoms with Crippen LogP contribution < -0.4 is 11.1 Å². The molecule has 2 heterocycles. The number of aliphatic hydroxyl groups excluding tert-OH is 2. The highest BCUT2D eigenvalue weighted by Crippen LogP contribution is 2.33. The van der Waals surface area contributed by atoms with Gasteiger partial charge in [0.15, 0.2) is 0 Å². The number of nitrogens with zero attached hydrogens (tertiary/aromatic N) is 2. The summed E-state index contributed by atoms with van der Waals surface area (Å²) < 4.78 is 28.2. The van der Waals surface area contributed by atoms with Gasteiger partial charge in [-0.25, -0.2) is 13.8 Å². The number of aromatic amines is 1. The van der Waals surface area contributed by atoms with Gasteiger partial charge in [0.25, 0.3) is 0 Å². The highest BCUT2D eigenvalue weighted by molar-refractivity contribution is 5.74. The summed E-state index contributed by atoms with van der Waals surface area (Å²) in [5.74, 6) is -2.52. The van der Waals surface area contributed by atoms with Gasteiger partial charge >= 0.3 is 0 Å². The number of anilines is 1. The summed E-state index contributed by atoms with van der Waals surface area (Å²) in [6.45, 7) is -0.218. The van der Waals surface area contributed by atoms with Crippen LogP contribution in [0.25, 0.3) is 11.3 Å². The van der Waals surface area contributed by atoms with E-state index in [1.165, 1.54) is 24.5 Å². The SMILES string of the molecule is NC(=O)CC(CO)C(O)c1cc(F)c(-c2cn[nH]c2)nc1NCCc1cccc(F)c1. The molecule has 0 saturated heterocycles. The predicted octanol–water partition coefficient (Wildman–Crippen LogP) is 1.92. The van der Waals surface area contributed by atoms with Crippen LogP contribution in [0.5, 0.6) is 0 Å². The maximum absolute atomic E-state index is 14.8. The van der Waals surface area contributed by atoms with Crippen LogP contribution in [0.2, 0.25) is 0 Å². The number of H-pyrrole nitrogens is 1. The van der Waals surface area contributed by atoms with Crippen molar-refractivity contribution < 1.29 is 23.8 Å². The number of hydrogen-bond donors (Lipinski definition) is 5. The zero-order valence-electron chi connectivity index (χ0n) is 16.6. The van der Waals surface area contributed by atoms with Gasteiger partial charge in [-0.05, 0) is 30.2 Å². The number of nitrogens with one attached hydrogen (secondary N) is 2. The van der Waals surface area contributed by atoms with Crippen molar-refractivity contribution in [1.82, 2.24) is 15.2 Å². The molecule has 10 heteroatoms. The van der Waals surface area contributed by atoms with E-state index < -0.39 is 30.4 Å². The smallest absolute Gasteiger partial charge is 0.217 e. The lowest BCUT2D eigenvalue weighted by atomic mass is 9.93. The largest absolute Gasteiger partial charge is 0.396 e. The molecule has 0 aliphatic carbocycles. The van der Waals surface area contributed by atoms with Gasteiger partial charge in [-0.3, -0.25) is 9.89 Å². The number of benzene rings is 1. The van der Waals surface area contributed by atoms with Crippen LogP contribution in [0.15, 0.2) is 42.7 Å². The Morgan fingerprint density at radius 3 is 2.74 bits per heavy atom.